The van der Waals surface area contributed by atoms with Crippen molar-refractivity contribution in [2.45, 2.75) is 27.2 Å². The molecule has 1 aromatic rings. The number of hydrogen-bond donors (Lipinski definition) is 0. The molecule has 1 nitrogen and oxygen atoms in total. The first-order valence-corrected chi connectivity index (χ1v) is 4.36. The van der Waals surface area contributed by atoms with Gasteiger partial charge in [-0.3, -0.25) is 0 Å². The van der Waals surface area contributed by atoms with Gasteiger partial charge in [-0.1, -0.05) is 0 Å². The summed E-state index contributed by atoms with van der Waals surface area (Å²) in [4.78, 5) is 0. The SMILES string of the molecule is CC1=C(C)[n+]2cc(C)ccc2C1. The van der Waals surface area contributed by atoms with Crippen molar-refractivity contribution in [3.63, 3.8) is 0 Å². The molecule has 0 radical (unpaired) electrons. The molecular formula is C11H14N+. The maximum Gasteiger partial charge on any atom is 0.191 e. The van der Waals surface area contributed by atoms with Crippen LogP contribution < -0.4 is 4.57 Å². The number of nitrogens with zero attached hydrogens (tertiary/aromatic N) is 1. The Morgan fingerprint density at radius 3 is 2.67 bits per heavy atom. The quantitative estimate of drug-likeness (QED) is 0.512. The van der Waals surface area contributed by atoms with E-state index in [-0.39, 0.29) is 0 Å². The van der Waals surface area contributed by atoms with Crippen molar-refractivity contribution < 1.29 is 4.57 Å². The van der Waals surface area contributed by atoms with E-state index < -0.39 is 0 Å². The predicted octanol–water partition coefficient (Wildman–Crippen LogP) is 2.09. The highest BCUT2D eigenvalue weighted by Crippen LogP contribution is 2.17. The molecule has 0 fully saturated rings. The zero-order valence-corrected chi connectivity index (χ0v) is 7.89. The van der Waals surface area contributed by atoms with Gasteiger partial charge < -0.3 is 0 Å². The lowest BCUT2D eigenvalue weighted by molar-refractivity contribution is -0.585. The Labute approximate surface area is 73.4 Å². The highest BCUT2D eigenvalue weighted by atomic mass is 15.0. The van der Waals surface area contributed by atoms with Gasteiger partial charge in [0.1, 0.15) is 0 Å². The third kappa shape index (κ3) is 0.970. The van der Waals surface area contributed by atoms with Gasteiger partial charge in [0.05, 0.1) is 6.42 Å². The zero-order chi connectivity index (χ0) is 8.72. The van der Waals surface area contributed by atoms with Crippen LogP contribution in [-0.4, -0.2) is 0 Å². The van der Waals surface area contributed by atoms with Gasteiger partial charge in [0.25, 0.3) is 0 Å². The first-order valence-electron chi connectivity index (χ1n) is 4.36. The normalized spacial score (nSPS) is 15.2. The van der Waals surface area contributed by atoms with Gasteiger partial charge in [-0.15, -0.1) is 0 Å². The monoisotopic (exact) mass is 160 g/mol. The minimum absolute atomic E-state index is 1.12. The van der Waals surface area contributed by atoms with Crippen LogP contribution in [0.3, 0.4) is 0 Å². The summed E-state index contributed by atoms with van der Waals surface area (Å²) in [6.45, 7) is 6.52. The molecule has 2 rings (SSSR count). The van der Waals surface area contributed by atoms with Gasteiger partial charge >= 0.3 is 0 Å². The van der Waals surface area contributed by atoms with Gasteiger partial charge in [0.2, 0.25) is 0 Å². The molecule has 1 aliphatic heterocycles. The molecule has 0 saturated carbocycles. The second kappa shape index (κ2) is 2.44. The summed E-state index contributed by atoms with van der Waals surface area (Å²) in [5, 5.41) is 0. The summed E-state index contributed by atoms with van der Waals surface area (Å²) in [7, 11) is 0. The Balaban J connectivity index is 2.60. The summed E-state index contributed by atoms with van der Waals surface area (Å²) < 4.78 is 2.30. The molecule has 1 heteroatoms. The van der Waals surface area contributed by atoms with E-state index in [2.05, 4.69) is 43.7 Å². The molecular weight excluding hydrogens is 146 g/mol. The Hall–Kier alpha value is -1.11. The van der Waals surface area contributed by atoms with Crippen molar-refractivity contribution >= 4 is 5.70 Å². The molecule has 12 heavy (non-hydrogen) atoms. The Kier molecular flexibility index (Phi) is 1.53. The lowest BCUT2D eigenvalue weighted by atomic mass is 10.2. The lowest BCUT2D eigenvalue weighted by Crippen LogP contribution is -2.32. The fourth-order valence-electron chi connectivity index (χ4n) is 1.70. The fraction of sp³-hybridized carbons (Fsp3) is 0.364. The Bertz CT molecular complexity index is 361. The maximum atomic E-state index is 2.30. The molecule has 1 aliphatic rings. The zero-order valence-electron chi connectivity index (χ0n) is 7.89. The van der Waals surface area contributed by atoms with Crippen LogP contribution in [0.4, 0.5) is 0 Å². The lowest BCUT2D eigenvalue weighted by Gasteiger charge is -1.94. The van der Waals surface area contributed by atoms with E-state index in [1.165, 1.54) is 22.5 Å². The molecule has 62 valence electrons. The summed E-state index contributed by atoms with van der Waals surface area (Å²) in [6.07, 6.45) is 3.33. The van der Waals surface area contributed by atoms with Gasteiger partial charge in [-0.2, -0.15) is 4.57 Å². The number of aryl methyl sites for hydroxylation is 1. The molecule has 0 amide bonds. The third-order valence-corrected chi connectivity index (χ3v) is 2.61. The highest BCUT2D eigenvalue weighted by molar-refractivity contribution is 5.42. The van der Waals surface area contributed by atoms with E-state index in [0.29, 0.717) is 0 Å². The van der Waals surface area contributed by atoms with E-state index >= 15 is 0 Å². The standard InChI is InChI=1S/C11H14N/c1-8-4-5-11-6-9(2)10(3)12(11)7-8/h4-5,7H,6H2,1-3H3/q+1. The smallest absolute Gasteiger partial charge is 0.168 e. The molecule has 0 bridgehead atoms. The molecule has 0 spiro atoms. The van der Waals surface area contributed by atoms with Gasteiger partial charge in [-0.05, 0) is 19.9 Å². The number of fused-ring (bicyclic) bond motifs is 1. The van der Waals surface area contributed by atoms with Crippen LogP contribution in [0.25, 0.3) is 5.70 Å². The van der Waals surface area contributed by atoms with E-state index in [9.17, 15) is 0 Å². The highest BCUT2D eigenvalue weighted by Gasteiger charge is 2.23. The molecule has 0 aromatic carbocycles. The van der Waals surface area contributed by atoms with Gasteiger partial charge in [-0.25, -0.2) is 0 Å². The van der Waals surface area contributed by atoms with Crippen LogP contribution in [-0.2, 0) is 6.42 Å². The van der Waals surface area contributed by atoms with Crippen molar-refractivity contribution in [2.75, 3.05) is 0 Å². The Morgan fingerprint density at radius 2 is 1.92 bits per heavy atom. The minimum atomic E-state index is 1.12. The first kappa shape index (κ1) is 7.53. The predicted molar refractivity (Wildman–Crippen MR) is 49.6 cm³/mol. The van der Waals surface area contributed by atoms with Gasteiger partial charge in [0, 0.05) is 24.1 Å². The van der Waals surface area contributed by atoms with E-state index in [1.807, 2.05) is 0 Å². The van der Waals surface area contributed by atoms with E-state index in [1.54, 1.807) is 0 Å². The van der Waals surface area contributed by atoms with Crippen LogP contribution in [0.1, 0.15) is 25.1 Å². The van der Waals surface area contributed by atoms with Crippen molar-refractivity contribution in [3.8, 4) is 0 Å². The minimum Gasteiger partial charge on any atom is -0.168 e. The van der Waals surface area contributed by atoms with Crippen molar-refractivity contribution in [2.24, 2.45) is 0 Å². The number of aromatic nitrogens is 1. The van der Waals surface area contributed by atoms with Crippen LogP contribution in [0, 0.1) is 6.92 Å². The summed E-state index contributed by atoms with van der Waals surface area (Å²) in [5.74, 6) is 0. The number of pyridine rings is 1. The van der Waals surface area contributed by atoms with Crippen molar-refractivity contribution in [1.82, 2.24) is 0 Å². The topological polar surface area (TPSA) is 3.88 Å². The van der Waals surface area contributed by atoms with Crippen LogP contribution >= 0.6 is 0 Å². The average Bonchev–Trinajstić information content (AvgIpc) is 2.31. The summed E-state index contributed by atoms with van der Waals surface area (Å²) >= 11 is 0. The van der Waals surface area contributed by atoms with Crippen molar-refractivity contribution in [3.05, 3.63) is 35.2 Å². The maximum absolute atomic E-state index is 2.30. The van der Waals surface area contributed by atoms with E-state index in [0.717, 1.165) is 6.42 Å². The molecule has 2 heterocycles. The summed E-state index contributed by atoms with van der Waals surface area (Å²) in [5.41, 5.74) is 5.62. The number of rotatable bonds is 0. The second-order valence-electron chi connectivity index (χ2n) is 3.61. The molecule has 1 aromatic heterocycles. The Morgan fingerprint density at radius 1 is 1.17 bits per heavy atom. The fourth-order valence-corrected chi connectivity index (χ4v) is 1.70. The number of hydrogen-bond acceptors (Lipinski definition) is 0. The number of allylic oxidation sites excluding steroid dienone is 2. The second-order valence-corrected chi connectivity index (χ2v) is 3.61. The first-order chi connectivity index (χ1) is 5.68. The summed E-state index contributed by atoms with van der Waals surface area (Å²) in [6, 6.07) is 4.40. The molecule has 0 unspecified atom stereocenters. The molecule has 0 N–H and O–H groups in total. The van der Waals surface area contributed by atoms with Crippen molar-refractivity contribution in [1.29, 1.82) is 0 Å². The molecule has 0 saturated heterocycles. The van der Waals surface area contributed by atoms with Crippen LogP contribution in [0.15, 0.2) is 23.9 Å². The van der Waals surface area contributed by atoms with Gasteiger partial charge in [0.15, 0.2) is 17.6 Å². The average molecular weight is 160 g/mol. The van der Waals surface area contributed by atoms with Crippen LogP contribution in [0.2, 0.25) is 0 Å². The van der Waals surface area contributed by atoms with E-state index in [4.69, 9.17) is 0 Å². The molecule has 0 atom stereocenters. The largest absolute Gasteiger partial charge is 0.191 e. The third-order valence-electron chi connectivity index (χ3n) is 2.61. The van der Waals surface area contributed by atoms with Crippen LogP contribution in [0.5, 0.6) is 0 Å². The molecule has 0 aliphatic carbocycles.